The number of carbonyl (C=O) groups excluding carboxylic acids is 1. The van der Waals surface area contributed by atoms with E-state index in [1.807, 2.05) is 47.2 Å². The highest BCUT2D eigenvalue weighted by molar-refractivity contribution is 8.00. The molecule has 5 nitrogen and oxygen atoms in total. The number of aryl methyl sites for hydroxylation is 3. The standard InChI is InChI=1S/C27H28N4OS2/c1-19-3-6-21(7-4-19)31-22(14-25(30-31)27(2)17-33-18-27)13-23(32)15-26-29-16-24(34-26)8-5-20-9-11-28-12-10-20/h3-4,6-7,9-12,14,16H,5,8,13,15,17-18H2,1-2H3. The number of ketones is 1. The fraction of sp³-hybridized carbons (Fsp3) is 0.333. The first-order chi connectivity index (χ1) is 16.5. The number of hydrogen-bond acceptors (Lipinski definition) is 6. The summed E-state index contributed by atoms with van der Waals surface area (Å²) in [5, 5.41) is 5.84. The van der Waals surface area contributed by atoms with Crippen LogP contribution in [0.25, 0.3) is 5.69 Å². The van der Waals surface area contributed by atoms with Crippen LogP contribution in [0.2, 0.25) is 0 Å². The first-order valence-corrected chi connectivity index (χ1v) is 13.5. The van der Waals surface area contributed by atoms with Crippen molar-refractivity contribution in [2.45, 2.75) is 44.9 Å². The number of pyridine rings is 1. The van der Waals surface area contributed by atoms with E-state index in [4.69, 9.17) is 5.10 Å². The van der Waals surface area contributed by atoms with Crippen LogP contribution in [0.5, 0.6) is 0 Å². The SMILES string of the molecule is Cc1ccc(-n2nc(C3(C)CSC3)cc2CC(=O)Cc2ncc(CCc3ccncc3)s2)cc1. The molecule has 1 fully saturated rings. The molecule has 7 heteroatoms. The Bertz CT molecular complexity index is 1270. The van der Waals surface area contributed by atoms with Gasteiger partial charge in [0.05, 0.1) is 23.5 Å². The molecule has 0 bridgehead atoms. The normalized spacial score (nSPS) is 14.6. The van der Waals surface area contributed by atoms with E-state index in [1.54, 1.807) is 11.3 Å². The summed E-state index contributed by atoms with van der Waals surface area (Å²) in [6, 6.07) is 14.6. The second-order valence-electron chi connectivity index (χ2n) is 9.29. The number of carbonyl (C=O) groups is 1. The molecule has 1 aliphatic heterocycles. The highest BCUT2D eigenvalue weighted by atomic mass is 32.2. The van der Waals surface area contributed by atoms with E-state index in [-0.39, 0.29) is 11.2 Å². The lowest BCUT2D eigenvalue weighted by molar-refractivity contribution is -0.117. The second-order valence-corrected chi connectivity index (χ2v) is 11.5. The highest BCUT2D eigenvalue weighted by Gasteiger charge is 2.37. The molecule has 1 aromatic carbocycles. The van der Waals surface area contributed by atoms with E-state index in [9.17, 15) is 4.79 Å². The third-order valence-corrected chi connectivity index (χ3v) is 9.00. The van der Waals surface area contributed by atoms with E-state index in [2.05, 4.69) is 54.1 Å². The monoisotopic (exact) mass is 488 g/mol. The van der Waals surface area contributed by atoms with Gasteiger partial charge in [-0.15, -0.1) is 11.3 Å². The highest BCUT2D eigenvalue weighted by Crippen LogP contribution is 2.40. The van der Waals surface area contributed by atoms with Gasteiger partial charge in [0, 0.05) is 46.8 Å². The Balaban J connectivity index is 1.28. The zero-order valence-electron chi connectivity index (χ0n) is 19.5. The summed E-state index contributed by atoms with van der Waals surface area (Å²) in [5.41, 5.74) is 5.61. The Morgan fingerprint density at radius 2 is 1.82 bits per heavy atom. The van der Waals surface area contributed by atoms with Crippen molar-refractivity contribution in [2.24, 2.45) is 0 Å². The zero-order valence-corrected chi connectivity index (χ0v) is 21.2. The molecule has 0 N–H and O–H groups in total. The van der Waals surface area contributed by atoms with Gasteiger partial charge in [0.15, 0.2) is 0 Å². The summed E-state index contributed by atoms with van der Waals surface area (Å²) in [5.74, 6) is 2.32. The molecule has 5 rings (SSSR count). The van der Waals surface area contributed by atoms with Crippen LogP contribution < -0.4 is 0 Å². The van der Waals surface area contributed by atoms with Crippen molar-refractivity contribution in [3.05, 3.63) is 93.5 Å². The van der Waals surface area contributed by atoms with Crippen molar-refractivity contribution in [1.29, 1.82) is 0 Å². The minimum atomic E-state index is 0.0947. The lowest BCUT2D eigenvalue weighted by atomic mass is 9.90. The third kappa shape index (κ3) is 5.15. The van der Waals surface area contributed by atoms with Gasteiger partial charge in [-0.25, -0.2) is 9.67 Å². The molecule has 0 unspecified atom stereocenters. The molecule has 0 amide bonds. The number of rotatable bonds is 9. The Hall–Kier alpha value is -2.77. The number of benzene rings is 1. The third-order valence-electron chi connectivity index (χ3n) is 6.26. The van der Waals surface area contributed by atoms with Crippen LogP contribution >= 0.6 is 23.1 Å². The van der Waals surface area contributed by atoms with Gasteiger partial charge in [-0.3, -0.25) is 9.78 Å². The first-order valence-electron chi connectivity index (χ1n) is 11.6. The van der Waals surface area contributed by atoms with Crippen molar-refractivity contribution in [3.63, 3.8) is 0 Å². The topological polar surface area (TPSA) is 60.7 Å². The molecule has 0 spiro atoms. The lowest BCUT2D eigenvalue weighted by Gasteiger charge is -2.35. The average Bonchev–Trinajstić information content (AvgIpc) is 3.44. The van der Waals surface area contributed by atoms with Crippen molar-refractivity contribution in [3.8, 4) is 5.69 Å². The Morgan fingerprint density at radius 1 is 1.06 bits per heavy atom. The number of hydrogen-bond donors (Lipinski definition) is 0. The second kappa shape index (κ2) is 9.84. The lowest BCUT2D eigenvalue weighted by Crippen LogP contribution is -2.37. The average molecular weight is 489 g/mol. The number of nitrogens with zero attached hydrogens (tertiary/aromatic N) is 4. The smallest absolute Gasteiger partial charge is 0.145 e. The summed E-state index contributed by atoms with van der Waals surface area (Å²) < 4.78 is 1.96. The van der Waals surface area contributed by atoms with Crippen molar-refractivity contribution in [2.75, 3.05) is 11.5 Å². The summed E-state index contributed by atoms with van der Waals surface area (Å²) in [7, 11) is 0. The number of aromatic nitrogens is 4. The molecule has 1 aliphatic rings. The molecule has 4 heterocycles. The number of Topliss-reactive ketones (excluding diaryl/α,β-unsaturated/α-hetero) is 1. The maximum absolute atomic E-state index is 13.1. The van der Waals surface area contributed by atoms with Crippen molar-refractivity contribution in [1.82, 2.24) is 19.7 Å². The fourth-order valence-electron chi connectivity index (χ4n) is 4.10. The maximum Gasteiger partial charge on any atom is 0.145 e. The van der Waals surface area contributed by atoms with E-state index in [0.717, 1.165) is 46.4 Å². The van der Waals surface area contributed by atoms with E-state index in [0.29, 0.717) is 12.8 Å². The summed E-state index contributed by atoms with van der Waals surface area (Å²) in [6.45, 7) is 4.34. The fourth-order valence-corrected chi connectivity index (χ4v) is 6.16. The summed E-state index contributed by atoms with van der Waals surface area (Å²) >= 11 is 3.59. The number of thioether (sulfide) groups is 1. The van der Waals surface area contributed by atoms with E-state index in [1.165, 1.54) is 16.0 Å². The van der Waals surface area contributed by atoms with Crippen LogP contribution in [0.15, 0.2) is 61.1 Å². The van der Waals surface area contributed by atoms with Gasteiger partial charge in [-0.1, -0.05) is 24.6 Å². The predicted molar refractivity (Wildman–Crippen MR) is 139 cm³/mol. The largest absolute Gasteiger partial charge is 0.299 e. The molecule has 3 aromatic heterocycles. The maximum atomic E-state index is 13.1. The Morgan fingerprint density at radius 3 is 2.53 bits per heavy atom. The van der Waals surface area contributed by atoms with Gasteiger partial charge in [0.1, 0.15) is 10.8 Å². The van der Waals surface area contributed by atoms with Gasteiger partial charge in [0.25, 0.3) is 0 Å². The predicted octanol–water partition coefficient (Wildman–Crippen LogP) is 5.18. The van der Waals surface area contributed by atoms with Crippen LogP contribution in [0, 0.1) is 6.92 Å². The molecular weight excluding hydrogens is 460 g/mol. The quantitative estimate of drug-likeness (QED) is 0.325. The van der Waals surface area contributed by atoms with Crippen LogP contribution in [-0.4, -0.2) is 37.0 Å². The minimum Gasteiger partial charge on any atom is -0.299 e. The molecular formula is C27H28N4OS2. The van der Waals surface area contributed by atoms with Crippen LogP contribution in [0.3, 0.4) is 0 Å². The van der Waals surface area contributed by atoms with E-state index >= 15 is 0 Å². The van der Waals surface area contributed by atoms with Crippen LogP contribution in [0.1, 0.15) is 39.3 Å². The Kier molecular flexibility index (Phi) is 6.66. The molecule has 0 radical (unpaired) electrons. The van der Waals surface area contributed by atoms with Gasteiger partial charge in [-0.05, 0) is 55.7 Å². The van der Waals surface area contributed by atoms with Gasteiger partial charge < -0.3 is 0 Å². The summed E-state index contributed by atoms with van der Waals surface area (Å²) in [6.07, 6.45) is 8.16. The van der Waals surface area contributed by atoms with E-state index < -0.39 is 0 Å². The van der Waals surface area contributed by atoms with Crippen molar-refractivity contribution < 1.29 is 4.79 Å². The molecule has 0 saturated carbocycles. The zero-order chi connectivity index (χ0) is 23.5. The van der Waals surface area contributed by atoms with Gasteiger partial charge in [-0.2, -0.15) is 16.9 Å². The first kappa shape index (κ1) is 23.0. The molecule has 4 aromatic rings. The minimum absolute atomic E-state index is 0.0947. The molecule has 34 heavy (non-hydrogen) atoms. The summed E-state index contributed by atoms with van der Waals surface area (Å²) in [4.78, 5) is 22.9. The van der Waals surface area contributed by atoms with Crippen LogP contribution in [-0.2, 0) is 35.9 Å². The molecule has 0 aliphatic carbocycles. The van der Waals surface area contributed by atoms with Gasteiger partial charge >= 0.3 is 0 Å². The number of thiazole rings is 1. The molecule has 174 valence electrons. The molecule has 1 saturated heterocycles. The van der Waals surface area contributed by atoms with Crippen molar-refractivity contribution >= 4 is 28.9 Å². The molecule has 0 atom stereocenters. The Labute approximate surface area is 208 Å². The van der Waals surface area contributed by atoms with Gasteiger partial charge in [0.2, 0.25) is 0 Å². The van der Waals surface area contributed by atoms with Crippen LogP contribution in [0.4, 0.5) is 0 Å².